The molecule has 3 aromatic rings. The van der Waals surface area contributed by atoms with Gasteiger partial charge in [-0.2, -0.15) is 0 Å². The van der Waals surface area contributed by atoms with Gasteiger partial charge in [0.15, 0.2) is 0 Å². The summed E-state index contributed by atoms with van der Waals surface area (Å²) in [5.41, 5.74) is 9.45. The molecule has 0 radical (unpaired) electrons. The Balaban J connectivity index is 1.95. The number of nitrogen functional groups attached to an aromatic ring is 1. The topological polar surface area (TPSA) is 56.7 Å². The Morgan fingerprint density at radius 1 is 1.22 bits per heavy atom. The Morgan fingerprint density at radius 3 is 3.00 bits per heavy atom. The molecule has 0 amide bonds. The van der Waals surface area contributed by atoms with Gasteiger partial charge in [-0.25, -0.2) is 9.67 Å². The van der Waals surface area contributed by atoms with Crippen molar-refractivity contribution in [1.29, 1.82) is 0 Å². The van der Waals surface area contributed by atoms with E-state index in [1.807, 2.05) is 22.9 Å². The molecular formula is C13H12N4S. The maximum atomic E-state index is 5.97. The van der Waals surface area contributed by atoms with Crippen LogP contribution in [0.3, 0.4) is 0 Å². The maximum absolute atomic E-state index is 5.97. The molecule has 1 aliphatic carbocycles. The zero-order valence-electron chi connectivity index (χ0n) is 9.76. The Bertz CT molecular complexity index is 708. The summed E-state index contributed by atoms with van der Waals surface area (Å²) in [6.07, 6.45) is 3.27. The molecule has 4 nitrogen and oxygen atoms in total. The molecule has 0 atom stereocenters. The third kappa shape index (κ3) is 1.31. The predicted molar refractivity (Wildman–Crippen MR) is 73.2 cm³/mol. The average molecular weight is 256 g/mol. The monoisotopic (exact) mass is 256 g/mol. The second-order valence-corrected chi connectivity index (χ2v) is 5.55. The minimum Gasteiger partial charge on any atom is -0.382 e. The highest BCUT2D eigenvalue weighted by Crippen LogP contribution is 2.31. The van der Waals surface area contributed by atoms with Crippen LogP contribution in [-0.2, 0) is 12.8 Å². The molecule has 90 valence electrons. The molecule has 1 aliphatic rings. The van der Waals surface area contributed by atoms with Gasteiger partial charge in [0.25, 0.3) is 0 Å². The molecule has 0 saturated carbocycles. The number of thiazole rings is 1. The molecule has 2 N–H and O–H groups in total. The molecule has 5 heteroatoms. The van der Waals surface area contributed by atoms with E-state index >= 15 is 0 Å². The number of anilines is 1. The lowest BCUT2D eigenvalue weighted by Crippen LogP contribution is -2.00. The van der Waals surface area contributed by atoms with Gasteiger partial charge in [-0.3, -0.25) is 0 Å². The molecule has 0 fully saturated rings. The van der Waals surface area contributed by atoms with Crippen molar-refractivity contribution in [3.63, 3.8) is 0 Å². The van der Waals surface area contributed by atoms with E-state index in [4.69, 9.17) is 5.73 Å². The zero-order chi connectivity index (χ0) is 12.1. The molecule has 0 bridgehead atoms. The summed E-state index contributed by atoms with van der Waals surface area (Å²) in [5, 5.41) is 5.36. The van der Waals surface area contributed by atoms with Crippen LogP contribution in [-0.4, -0.2) is 14.8 Å². The normalized spacial score (nSPS) is 14.2. The number of nitrogens with zero attached hydrogens (tertiary/aromatic N) is 3. The van der Waals surface area contributed by atoms with Gasteiger partial charge < -0.3 is 5.73 Å². The average Bonchev–Trinajstić information content (AvgIpc) is 3.05. The van der Waals surface area contributed by atoms with E-state index in [9.17, 15) is 0 Å². The Labute approximate surface area is 108 Å². The Hall–Kier alpha value is -1.88. The number of fused-ring (bicyclic) bond motifs is 2. The van der Waals surface area contributed by atoms with Crippen LogP contribution >= 0.6 is 11.3 Å². The van der Waals surface area contributed by atoms with Gasteiger partial charge >= 0.3 is 0 Å². The number of hydrogen-bond donors (Lipinski definition) is 1. The molecule has 0 spiro atoms. The maximum Gasteiger partial charge on any atom is 0.211 e. The molecule has 18 heavy (non-hydrogen) atoms. The minimum atomic E-state index is 0.668. The highest BCUT2D eigenvalue weighted by molar-refractivity contribution is 7.20. The molecule has 0 saturated heterocycles. The lowest BCUT2D eigenvalue weighted by molar-refractivity contribution is 0.785. The summed E-state index contributed by atoms with van der Waals surface area (Å²) < 4.78 is 3.12. The summed E-state index contributed by atoms with van der Waals surface area (Å²) in [4.78, 5) is 4.64. The Kier molecular flexibility index (Phi) is 1.99. The van der Waals surface area contributed by atoms with E-state index in [1.165, 1.54) is 22.4 Å². The fourth-order valence-electron chi connectivity index (χ4n) is 2.57. The van der Waals surface area contributed by atoms with Crippen LogP contribution in [0, 0.1) is 0 Å². The van der Waals surface area contributed by atoms with Crippen molar-refractivity contribution in [2.24, 2.45) is 0 Å². The summed E-state index contributed by atoms with van der Waals surface area (Å²) in [5.74, 6) is 0.668. The summed E-state index contributed by atoms with van der Waals surface area (Å²) in [6.45, 7) is 0. The van der Waals surface area contributed by atoms with E-state index < -0.39 is 0 Å². The third-order valence-corrected chi connectivity index (χ3v) is 4.44. The largest absolute Gasteiger partial charge is 0.382 e. The van der Waals surface area contributed by atoms with Crippen LogP contribution in [0.4, 0.5) is 5.82 Å². The van der Waals surface area contributed by atoms with Gasteiger partial charge in [0.1, 0.15) is 5.82 Å². The number of para-hydroxylation sites is 1. The summed E-state index contributed by atoms with van der Waals surface area (Å²) >= 11 is 1.66. The molecule has 2 aromatic heterocycles. The smallest absolute Gasteiger partial charge is 0.211 e. The first-order valence-corrected chi connectivity index (χ1v) is 6.87. The van der Waals surface area contributed by atoms with E-state index in [0.29, 0.717) is 5.82 Å². The van der Waals surface area contributed by atoms with Gasteiger partial charge in [-0.05, 0) is 31.4 Å². The number of hydrogen-bond acceptors (Lipinski definition) is 4. The van der Waals surface area contributed by atoms with Gasteiger partial charge in [0.2, 0.25) is 5.13 Å². The number of nitrogens with two attached hydrogens (primary N) is 1. The summed E-state index contributed by atoms with van der Waals surface area (Å²) in [7, 11) is 0. The second-order valence-electron chi connectivity index (χ2n) is 4.54. The van der Waals surface area contributed by atoms with Gasteiger partial charge in [0.05, 0.1) is 15.9 Å². The van der Waals surface area contributed by atoms with Crippen molar-refractivity contribution < 1.29 is 0 Å². The van der Waals surface area contributed by atoms with Crippen LogP contribution < -0.4 is 5.73 Å². The van der Waals surface area contributed by atoms with Crippen LogP contribution in [0.5, 0.6) is 0 Å². The number of benzene rings is 1. The molecule has 4 rings (SSSR count). The molecule has 2 heterocycles. The Morgan fingerprint density at radius 2 is 2.11 bits per heavy atom. The molecule has 0 unspecified atom stereocenters. The van der Waals surface area contributed by atoms with Crippen molar-refractivity contribution in [1.82, 2.24) is 14.8 Å². The predicted octanol–water partition coefficient (Wildman–Crippen LogP) is 2.55. The lowest BCUT2D eigenvalue weighted by atomic mass is 10.3. The van der Waals surface area contributed by atoms with Crippen molar-refractivity contribution >= 4 is 27.4 Å². The first kappa shape index (κ1) is 10.1. The third-order valence-electron chi connectivity index (χ3n) is 3.43. The van der Waals surface area contributed by atoms with Crippen LogP contribution in [0.2, 0.25) is 0 Å². The lowest BCUT2D eigenvalue weighted by Gasteiger charge is -1.98. The van der Waals surface area contributed by atoms with Crippen molar-refractivity contribution in [3.8, 4) is 5.13 Å². The van der Waals surface area contributed by atoms with Gasteiger partial charge in [-0.15, -0.1) is 5.10 Å². The van der Waals surface area contributed by atoms with Gasteiger partial charge in [0, 0.05) is 5.56 Å². The minimum absolute atomic E-state index is 0.668. The van der Waals surface area contributed by atoms with Gasteiger partial charge in [-0.1, -0.05) is 23.5 Å². The summed E-state index contributed by atoms with van der Waals surface area (Å²) in [6, 6.07) is 8.16. The van der Waals surface area contributed by atoms with Crippen LogP contribution in [0.25, 0.3) is 15.3 Å². The van der Waals surface area contributed by atoms with Crippen LogP contribution in [0.1, 0.15) is 17.7 Å². The fraction of sp³-hybridized carbons (Fsp3) is 0.231. The number of aromatic nitrogens is 3. The molecular weight excluding hydrogens is 244 g/mol. The number of rotatable bonds is 1. The van der Waals surface area contributed by atoms with E-state index in [-0.39, 0.29) is 0 Å². The van der Waals surface area contributed by atoms with Crippen molar-refractivity contribution in [3.05, 3.63) is 35.5 Å². The first-order valence-electron chi connectivity index (χ1n) is 6.05. The van der Waals surface area contributed by atoms with E-state index in [1.54, 1.807) is 11.3 Å². The molecule has 1 aromatic carbocycles. The van der Waals surface area contributed by atoms with Crippen LogP contribution in [0.15, 0.2) is 24.3 Å². The molecule has 0 aliphatic heterocycles. The van der Waals surface area contributed by atoms with E-state index in [2.05, 4.69) is 16.1 Å². The first-order chi connectivity index (χ1) is 8.83. The highest BCUT2D eigenvalue weighted by atomic mass is 32.1. The van der Waals surface area contributed by atoms with Crippen molar-refractivity contribution in [2.75, 3.05) is 5.73 Å². The quantitative estimate of drug-likeness (QED) is 0.728. The van der Waals surface area contributed by atoms with E-state index in [0.717, 1.165) is 23.5 Å². The SMILES string of the molecule is Nc1nn(-c2nc3ccccc3s2)c2c1CCC2. The van der Waals surface area contributed by atoms with Crippen molar-refractivity contribution in [2.45, 2.75) is 19.3 Å². The second kappa shape index (κ2) is 3.55. The zero-order valence-corrected chi connectivity index (χ0v) is 10.6. The standard InChI is InChI=1S/C13H12N4S/c14-12-8-4-3-6-10(8)17(16-12)13-15-9-5-1-2-7-11(9)18-13/h1-2,5,7H,3-4,6H2,(H2,14,16). The fourth-order valence-corrected chi connectivity index (χ4v) is 3.52. The highest BCUT2D eigenvalue weighted by Gasteiger charge is 2.23.